The Morgan fingerprint density at radius 3 is 1.35 bits per heavy atom. The van der Waals surface area contributed by atoms with E-state index in [-0.39, 0.29) is 0 Å². The van der Waals surface area contributed by atoms with Crippen molar-refractivity contribution in [2.24, 2.45) is 0 Å². The largest absolute Gasteiger partial charge is 0.309 e. The predicted octanol–water partition coefficient (Wildman–Crippen LogP) is 10.1. The van der Waals surface area contributed by atoms with Crippen molar-refractivity contribution in [2.75, 3.05) is 4.90 Å². The normalized spacial score (nSPS) is 12.1. The average Bonchev–Trinajstić information content (AvgIpc) is 2.98. The molecule has 0 saturated carbocycles. The lowest BCUT2D eigenvalue weighted by molar-refractivity contribution is 1.24. The molecule has 0 unspecified atom stereocenters. The van der Waals surface area contributed by atoms with E-state index in [0.29, 0.717) is 0 Å². The summed E-state index contributed by atoms with van der Waals surface area (Å²) in [6.07, 6.45) is 0. The van der Waals surface area contributed by atoms with E-state index in [1.54, 1.807) is 0 Å². The van der Waals surface area contributed by atoms with Gasteiger partial charge in [-0.15, -0.1) is 23.5 Å². The highest BCUT2D eigenvalue weighted by atomic mass is 32.2. The van der Waals surface area contributed by atoms with Crippen molar-refractivity contribution in [2.45, 2.75) is 11.5 Å². The highest BCUT2D eigenvalue weighted by Gasteiger charge is 2.29. The second-order valence-electron chi connectivity index (χ2n) is 8.92. The maximum absolute atomic E-state index is 2.40. The van der Waals surface area contributed by atoms with Crippen molar-refractivity contribution in [1.82, 2.24) is 0 Å². The van der Waals surface area contributed by atoms with Crippen LogP contribution in [0.5, 0.6) is 0 Å². The molecule has 1 aliphatic rings. The molecule has 3 heteroatoms. The van der Waals surface area contributed by atoms with Gasteiger partial charge in [0.25, 0.3) is 0 Å². The summed E-state index contributed by atoms with van der Waals surface area (Å²) in [5.74, 6) is 1.88. The van der Waals surface area contributed by atoms with Gasteiger partial charge >= 0.3 is 0 Å². The summed E-state index contributed by atoms with van der Waals surface area (Å²) in [6.45, 7) is 0. The summed E-state index contributed by atoms with van der Waals surface area (Å²) in [5.41, 5.74) is 10.2. The van der Waals surface area contributed by atoms with Gasteiger partial charge in [0.1, 0.15) is 0 Å². The molecular weight excluding hydrogens is 487 g/mol. The second-order valence-corrected chi connectivity index (χ2v) is 11.1. The van der Waals surface area contributed by atoms with Crippen molar-refractivity contribution in [3.63, 3.8) is 0 Å². The topological polar surface area (TPSA) is 3.24 Å². The Bertz CT molecular complexity index is 1420. The molecule has 1 aliphatic heterocycles. The molecule has 5 aromatic rings. The Labute approximate surface area is 227 Å². The number of nitrogens with zero attached hydrogens (tertiary/aromatic N) is 1. The maximum Gasteiger partial charge on any atom is 0.0541 e. The van der Waals surface area contributed by atoms with E-state index in [2.05, 4.69) is 144 Å². The zero-order chi connectivity index (χ0) is 24.9. The minimum absolute atomic E-state index is 0.939. The molecule has 0 saturated heterocycles. The third kappa shape index (κ3) is 5.11. The number of fused-ring (bicyclic) bond motifs is 2. The van der Waals surface area contributed by atoms with Crippen molar-refractivity contribution in [3.05, 3.63) is 166 Å². The third-order valence-electron chi connectivity index (χ3n) is 6.47. The van der Waals surface area contributed by atoms with Crippen LogP contribution in [0.4, 0.5) is 17.1 Å². The van der Waals surface area contributed by atoms with Crippen molar-refractivity contribution < 1.29 is 0 Å². The van der Waals surface area contributed by atoms with Crippen LogP contribution in [0.25, 0.3) is 5.57 Å². The van der Waals surface area contributed by atoms with E-state index in [9.17, 15) is 0 Å². The SMILES string of the molecule is c1ccc(CSC(SCc2ccccc2)=C2c3ccccc3N(c3ccccc3)c3ccccc32)cc1. The number of benzene rings is 5. The molecule has 5 aromatic carbocycles. The minimum Gasteiger partial charge on any atom is -0.309 e. The molecule has 0 fully saturated rings. The van der Waals surface area contributed by atoms with E-state index >= 15 is 0 Å². The Morgan fingerprint density at radius 1 is 0.459 bits per heavy atom. The fraction of sp³-hybridized carbons (Fsp3) is 0.0588. The molecule has 1 heterocycles. The minimum atomic E-state index is 0.939. The van der Waals surface area contributed by atoms with Gasteiger partial charge in [-0.2, -0.15) is 0 Å². The van der Waals surface area contributed by atoms with Crippen LogP contribution in [-0.4, -0.2) is 0 Å². The van der Waals surface area contributed by atoms with Crippen LogP contribution < -0.4 is 4.90 Å². The molecule has 0 N–H and O–H groups in total. The fourth-order valence-corrected chi connectivity index (χ4v) is 7.14. The van der Waals surface area contributed by atoms with Crippen LogP contribution in [0, 0.1) is 0 Å². The third-order valence-corrected chi connectivity index (χ3v) is 9.07. The molecule has 0 bridgehead atoms. The Hall–Kier alpha value is -3.66. The quantitative estimate of drug-likeness (QED) is 0.209. The summed E-state index contributed by atoms with van der Waals surface area (Å²) in [6, 6.07) is 49.9. The first-order valence-electron chi connectivity index (χ1n) is 12.5. The smallest absolute Gasteiger partial charge is 0.0541 e. The number of hydrogen-bond acceptors (Lipinski definition) is 3. The van der Waals surface area contributed by atoms with Gasteiger partial charge in [0.15, 0.2) is 0 Å². The molecule has 0 radical (unpaired) electrons. The van der Waals surface area contributed by atoms with E-state index in [0.717, 1.165) is 11.5 Å². The summed E-state index contributed by atoms with van der Waals surface area (Å²) >= 11 is 3.90. The number of thioether (sulfide) groups is 2. The first-order valence-corrected chi connectivity index (χ1v) is 14.5. The number of rotatable bonds is 7. The van der Waals surface area contributed by atoms with Crippen LogP contribution in [0.15, 0.2) is 144 Å². The van der Waals surface area contributed by atoms with Crippen LogP contribution in [0.3, 0.4) is 0 Å². The van der Waals surface area contributed by atoms with Gasteiger partial charge in [-0.1, -0.05) is 115 Å². The monoisotopic (exact) mass is 513 g/mol. The van der Waals surface area contributed by atoms with E-state index < -0.39 is 0 Å². The number of hydrogen-bond donors (Lipinski definition) is 0. The number of para-hydroxylation sites is 3. The average molecular weight is 514 g/mol. The van der Waals surface area contributed by atoms with Gasteiger partial charge < -0.3 is 4.90 Å². The standard InChI is InChI=1S/C34H27NS2/c1-4-14-26(15-5-1)24-36-34(37-25-27-16-6-2-7-17-27)33-29-20-10-12-22-31(29)35(28-18-8-3-9-19-28)32-23-13-11-21-30(32)33/h1-23H,24-25H2. The van der Waals surface area contributed by atoms with Crippen LogP contribution >= 0.6 is 23.5 Å². The lowest BCUT2D eigenvalue weighted by atomic mass is 9.91. The Balaban J connectivity index is 1.50. The summed E-state index contributed by atoms with van der Waals surface area (Å²) in [5, 5.41) is 0. The van der Waals surface area contributed by atoms with Gasteiger partial charge in [0, 0.05) is 38.1 Å². The van der Waals surface area contributed by atoms with Crippen molar-refractivity contribution >= 4 is 46.2 Å². The van der Waals surface area contributed by atoms with Crippen molar-refractivity contribution in [1.29, 1.82) is 0 Å². The van der Waals surface area contributed by atoms with Crippen molar-refractivity contribution in [3.8, 4) is 0 Å². The Morgan fingerprint density at radius 2 is 0.865 bits per heavy atom. The molecule has 0 amide bonds. The predicted molar refractivity (Wildman–Crippen MR) is 163 cm³/mol. The molecule has 0 atom stereocenters. The second kappa shape index (κ2) is 11.2. The van der Waals surface area contributed by atoms with E-state index in [1.807, 2.05) is 23.5 Å². The highest BCUT2D eigenvalue weighted by molar-refractivity contribution is 8.21. The van der Waals surface area contributed by atoms with Gasteiger partial charge in [0.05, 0.1) is 11.4 Å². The van der Waals surface area contributed by atoms with E-state index in [1.165, 1.54) is 49.1 Å². The lowest BCUT2D eigenvalue weighted by Crippen LogP contribution is -2.18. The van der Waals surface area contributed by atoms with E-state index in [4.69, 9.17) is 0 Å². The fourth-order valence-electron chi connectivity index (χ4n) is 4.74. The molecule has 0 spiro atoms. The Kier molecular flexibility index (Phi) is 7.16. The lowest BCUT2D eigenvalue weighted by Gasteiger charge is -2.35. The summed E-state index contributed by atoms with van der Waals surface area (Å²) < 4.78 is 1.36. The number of anilines is 3. The van der Waals surface area contributed by atoms with Crippen LogP contribution in [-0.2, 0) is 11.5 Å². The van der Waals surface area contributed by atoms with Gasteiger partial charge in [0.2, 0.25) is 0 Å². The molecule has 37 heavy (non-hydrogen) atoms. The van der Waals surface area contributed by atoms with Gasteiger partial charge in [-0.05, 0) is 35.4 Å². The molecule has 180 valence electrons. The molecular formula is C34H27NS2. The van der Waals surface area contributed by atoms with Gasteiger partial charge in [-0.25, -0.2) is 0 Å². The summed E-state index contributed by atoms with van der Waals surface area (Å²) in [7, 11) is 0. The van der Waals surface area contributed by atoms with Crippen LogP contribution in [0.2, 0.25) is 0 Å². The van der Waals surface area contributed by atoms with Crippen LogP contribution in [0.1, 0.15) is 22.3 Å². The first kappa shape index (κ1) is 23.7. The molecule has 1 nitrogen and oxygen atoms in total. The zero-order valence-corrected chi connectivity index (χ0v) is 22.1. The summed E-state index contributed by atoms with van der Waals surface area (Å²) in [4.78, 5) is 2.40. The molecule has 0 aliphatic carbocycles. The first-order chi connectivity index (χ1) is 18.4. The maximum atomic E-state index is 2.40. The van der Waals surface area contributed by atoms with Gasteiger partial charge in [-0.3, -0.25) is 0 Å². The highest BCUT2D eigenvalue weighted by Crippen LogP contribution is 2.53. The zero-order valence-electron chi connectivity index (χ0n) is 20.5. The molecule has 0 aromatic heterocycles. The molecule has 6 rings (SSSR count).